The van der Waals surface area contributed by atoms with E-state index in [2.05, 4.69) is 10.4 Å². The lowest BCUT2D eigenvalue weighted by molar-refractivity contribution is 0.0480. The molecule has 0 aliphatic carbocycles. The van der Waals surface area contributed by atoms with Crippen molar-refractivity contribution in [3.8, 4) is 5.69 Å². The van der Waals surface area contributed by atoms with Crippen molar-refractivity contribution < 1.29 is 9.90 Å². The van der Waals surface area contributed by atoms with E-state index in [1.807, 2.05) is 43.5 Å². The first-order valence-electron chi connectivity index (χ1n) is 7.73. The van der Waals surface area contributed by atoms with Crippen LogP contribution in [0, 0.1) is 0 Å². The summed E-state index contributed by atoms with van der Waals surface area (Å²) in [4.78, 5) is 13.8. The van der Waals surface area contributed by atoms with Crippen molar-refractivity contribution >= 4 is 6.03 Å². The number of amides is 2. The number of hydrogen-bond donors (Lipinski definition) is 2. The molecule has 0 aliphatic rings. The molecule has 0 aliphatic heterocycles. The Hall–Kier alpha value is -2.34. The Morgan fingerprint density at radius 1 is 1.35 bits per heavy atom. The van der Waals surface area contributed by atoms with E-state index in [9.17, 15) is 9.90 Å². The van der Waals surface area contributed by atoms with Crippen LogP contribution in [-0.4, -0.2) is 44.5 Å². The number of rotatable bonds is 6. The monoisotopic (exact) mass is 316 g/mol. The third kappa shape index (κ3) is 5.10. The van der Waals surface area contributed by atoms with Crippen LogP contribution in [0.5, 0.6) is 0 Å². The summed E-state index contributed by atoms with van der Waals surface area (Å²) in [6.07, 6.45) is 3.61. The standard InChI is InChI=1S/C17H24N4O2/c1-4-20(13-17(2,3)23)16(22)18-12-14-6-8-15(9-7-14)21-11-5-10-19-21/h5-11,23H,4,12-13H2,1-3H3,(H,18,22). The number of carbonyl (C=O) groups is 1. The Balaban J connectivity index is 1.91. The van der Waals surface area contributed by atoms with Crippen molar-refractivity contribution in [1.29, 1.82) is 0 Å². The molecule has 0 unspecified atom stereocenters. The molecule has 0 saturated heterocycles. The van der Waals surface area contributed by atoms with Gasteiger partial charge in [0.15, 0.2) is 0 Å². The third-order valence-electron chi connectivity index (χ3n) is 3.40. The lowest BCUT2D eigenvalue weighted by atomic mass is 10.1. The lowest BCUT2D eigenvalue weighted by Gasteiger charge is -2.28. The van der Waals surface area contributed by atoms with Crippen LogP contribution in [0.2, 0.25) is 0 Å². The second-order valence-electron chi connectivity index (χ2n) is 6.10. The van der Waals surface area contributed by atoms with Gasteiger partial charge in [-0.2, -0.15) is 5.10 Å². The highest BCUT2D eigenvalue weighted by atomic mass is 16.3. The Labute approximate surface area is 136 Å². The normalized spacial score (nSPS) is 11.3. The highest BCUT2D eigenvalue weighted by Gasteiger charge is 2.20. The van der Waals surface area contributed by atoms with Gasteiger partial charge in [0.25, 0.3) is 0 Å². The first-order chi connectivity index (χ1) is 10.9. The van der Waals surface area contributed by atoms with E-state index in [0.29, 0.717) is 19.6 Å². The van der Waals surface area contributed by atoms with Gasteiger partial charge in [-0.3, -0.25) is 0 Å². The summed E-state index contributed by atoms with van der Waals surface area (Å²) in [5.41, 5.74) is 1.08. The van der Waals surface area contributed by atoms with Crippen molar-refractivity contribution in [3.63, 3.8) is 0 Å². The van der Waals surface area contributed by atoms with Gasteiger partial charge in [-0.25, -0.2) is 9.48 Å². The molecule has 1 aromatic carbocycles. The summed E-state index contributed by atoms with van der Waals surface area (Å²) in [6.45, 7) is 6.57. The van der Waals surface area contributed by atoms with E-state index >= 15 is 0 Å². The Morgan fingerprint density at radius 2 is 2.04 bits per heavy atom. The molecule has 2 amide bonds. The second kappa shape index (κ2) is 7.28. The average molecular weight is 316 g/mol. The molecule has 124 valence electrons. The lowest BCUT2D eigenvalue weighted by Crippen LogP contribution is -2.46. The minimum absolute atomic E-state index is 0.175. The second-order valence-corrected chi connectivity index (χ2v) is 6.10. The fourth-order valence-electron chi connectivity index (χ4n) is 2.27. The maximum absolute atomic E-state index is 12.2. The van der Waals surface area contributed by atoms with Gasteiger partial charge < -0.3 is 15.3 Å². The van der Waals surface area contributed by atoms with Gasteiger partial charge in [-0.15, -0.1) is 0 Å². The predicted octanol–water partition coefficient (Wildman–Crippen LogP) is 2.17. The molecule has 6 heteroatoms. The van der Waals surface area contributed by atoms with Crippen LogP contribution in [0.25, 0.3) is 5.69 Å². The first kappa shape index (κ1) is 17.0. The summed E-state index contributed by atoms with van der Waals surface area (Å²) in [6, 6.07) is 9.54. The van der Waals surface area contributed by atoms with Gasteiger partial charge in [0.2, 0.25) is 0 Å². The van der Waals surface area contributed by atoms with Crippen molar-refractivity contribution in [1.82, 2.24) is 20.0 Å². The average Bonchev–Trinajstić information content (AvgIpc) is 3.04. The van der Waals surface area contributed by atoms with Crippen LogP contribution >= 0.6 is 0 Å². The maximum atomic E-state index is 12.2. The van der Waals surface area contributed by atoms with Crippen LogP contribution < -0.4 is 5.32 Å². The first-order valence-corrected chi connectivity index (χ1v) is 7.73. The molecule has 0 bridgehead atoms. The largest absolute Gasteiger partial charge is 0.389 e. The van der Waals surface area contributed by atoms with Gasteiger partial charge >= 0.3 is 6.03 Å². The molecule has 2 N–H and O–H groups in total. The van der Waals surface area contributed by atoms with E-state index in [4.69, 9.17) is 0 Å². The number of nitrogens with one attached hydrogen (secondary N) is 1. The quantitative estimate of drug-likeness (QED) is 0.858. The molecule has 2 rings (SSSR count). The molecular formula is C17H24N4O2. The molecular weight excluding hydrogens is 292 g/mol. The number of aromatic nitrogens is 2. The summed E-state index contributed by atoms with van der Waals surface area (Å²) in [5.74, 6) is 0. The molecule has 6 nitrogen and oxygen atoms in total. The van der Waals surface area contributed by atoms with Gasteiger partial charge in [0.05, 0.1) is 17.8 Å². The summed E-state index contributed by atoms with van der Waals surface area (Å²) in [5, 5.41) is 16.9. The van der Waals surface area contributed by atoms with Crippen LogP contribution in [0.3, 0.4) is 0 Å². The third-order valence-corrected chi connectivity index (χ3v) is 3.40. The Morgan fingerprint density at radius 3 is 2.57 bits per heavy atom. The van der Waals surface area contributed by atoms with Crippen LogP contribution in [0.1, 0.15) is 26.3 Å². The van der Waals surface area contributed by atoms with Crippen molar-refractivity contribution in [2.24, 2.45) is 0 Å². The zero-order valence-electron chi connectivity index (χ0n) is 13.9. The minimum Gasteiger partial charge on any atom is -0.389 e. The molecule has 23 heavy (non-hydrogen) atoms. The zero-order chi connectivity index (χ0) is 16.9. The highest BCUT2D eigenvalue weighted by molar-refractivity contribution is 5.74. The number of nitrogens with zero attached hydrogens (tertiary/aromatic N) is 3. The zero-order valence-corrected chi connectivity index (χ0v) is 13.9. The van der Waals surface area contributed by atoms with Crippen molar-refractivity contribution in [2.75, 3.05) is 13.1 Å². The molecule has 0 atom stereocenters. The fraction of sp³-hybridized carbons (Fsp3) is 0.412. The maximum Gasteiger partial charge on any atom is 0.317 e. The Bertz CT molecular complexity index is 615. The number of carbonyl (C=O) groups excluding carboxylic acids is 1. The van der Waals surface area contributed by atoms with Gasteiger partial charge in [-0.1, -0.05) is 12.1 Å². The predicted molar refractivity (Wildman–Crippen MR) is 89.3 cm³/mol. The topological polar surface area (TPSA) is 70.4 Å². The summed E-state index contributed by atoms with van der Waals surface area (Å²) in [7, 11) is 0. The molecule has 0 radical (unpaired) electrons. The van der Waals surface area contributed by atoms with Crippen molar-refractivity contribution in [2.45, 2.75) is 32.9 Å². The summed E-state index contributed by atoms with van der Waals surface area (Å²) < 4.78 is 1.78. The van der Waals surface area contributed by atoms with E-state index in [-0.39, 0.29) is 6.03 Å². The molecule has 0 fully saturated rings. The smallest absolute Gasteiger partial charge is 0.317 e. The highest BCUT2D eigenvalue weighted by Crippen LogP contribution is 2.09. The van der Waals surface area contributed by atoms with Gasteiger partial charge in [0, 0.05) is 25.5 Å². The van der Waals surface area contributed by atoms with Crippen molar-refractivity contribution in [3.05, 3.63) is 48.3 Å². The van der Waals surface area contributed by atoms with Crippen LogP contribution in [-0.2, 0) is 6.54 Å². The van der Waals surface area contributed by atoms with Crippen LogP contribution in [0.15, 0.2) is 42.7 Å². The molecule has 2 aromatic rings. The number of urea groups is 1. The van der Waals surface area contributed by atoms with E-state index in [0.717, 1.165) is 11.3 Å². The minimum atomic E-state index is -0.904. The van der Waals surface area contributed by atoms with E-state index in [1.165, 1.54) is 0 Å². The van der Waals surface area contributed by atoms with E-state index < -0.39 is 5.60 Å². The molecule has 0 spiro atoms. The number of hydrogen-bond acceptors (Lipinski definition) is 3. The fourth-order valence-corrected chi connectivity index (χ4v) is 2.27. The summed E-state index contributed by atoms with van der Waals surface area (Å²) >= 11 is 0. The molecule has 1 heterocycles. The number of benzene rings is 1. The van der Waals surface area contributed by atoms with Gasteiger partial charge in [0.1, 0.15) is 0 Å². The molecule has 1 aromatic heterocycles. The molecule has 0 saturated carbocycles. The SMILES string of the molecule is CCN(CC(C)(C)O)C(=O)NCc1ccc(-n2cccn2)cc1. The van der Waals surface area contributed by atoms with E-state index in [1.54, 1.807) is 29.6 Å². The van der Waals surface area contributed by atoms with Gasteiger partial charge in [-0.05, 0) is 44.5 Å². The number of aliphatic hydroxyl groups is 1. The van der Waals surface area contributed by atoms with Crippen LogP contribution in [0.4, 0.5) is 4.79 Å². The Kier molecular flexibility index (Phi) is 5.39. The number of likely N-dealkylation sites (N-methyl/N-ethyl adjacent to an activating group) is 1.